The van der Waals surface area contributed by atoms with Crippen LogP contribution in [-0.2, 0) is 17.1 Å². The standard InChI is InChI=1S/C10H9ClF3NO4/c1-18-7-2-5(4-11)6(3-8(16)17)15-9(7)19-10(12,13)14/h2H,3-4H2,1H3,(H,16,17). The molecule has 0 amide bonds. The first-order valence-corrected chi connectivity index (χ1v) is 5.40. The van der Waals surface area contributed by atoms with E-state index in [4.69, 9.17) is 21.4 Å². The molecule has 0 saturated carbocycles. The Morgan fingerprint density at radius 3 is 2.58 bits per heavy atom. The van der Waals surface area contributed by atoms with Crippen LogP contribution in [0.4, 0.5) is 13.2 Å². The van der Waals surface area contributed by atoms with Gasteiger partial charge in [-0.15, -0.1) is 24.8 Å². The zero-order valence-corrected chi connectivity index (χ0v) is 10.4. The van der Waals surface area contributed by atoms with E-state index in [1.165, 1.54) is 6.07 Å². The maximum atomic E-state index is 12.2. The highest BCUT2D eigenvalue weighted by Gasteiger charge is 2.34. The molecule has 5 nitrogen and oxygen atoms in total. The van der Waals surface area contributed by atoms with Crippen molar-refractivity contribution in [3.63, 3.8) is 0 Å². The highest BCUT2D eigenvalue weighted by Crippen LogP contribution is 2.32. The molecule has 0 fully saturated rings. The lowest BCUT2D eigenvalue weighted by Gasteiger charge is -2.14. The lowest BCUT2D eigenvalue weighted by molar-refractivity contribution is -0.276. The van der Waals surface area contributed by atoms with Gasteiger partial charge >= 0.3 is 12.3 Å². The molecule has 0 aliphatic heterocycles. The fourth-order valence-electron chi connectivity index (χ4n) is 1.29. The normalized spacial score (nSPS) is 11.2. The van der Waals surface area contributed by atoms with Crippen molar-refractivity contribution in [1.82, 2.24) is 4.98 Å². The molecular formula is C10H9ClF3NO4. The summed E-state index contributed by atoms with van der Waals surface area (Å²) in [5.74, 6) is -2.48. The molecule has 0 aliphatic rings. The fraction of sp³-hybridized carbons (Fsp3) is 0.400. The third-order valence-corrected chi connectivity index (χ3v) is 2.31. The van der Waals surface area contributed by atoms with Crippen molar-refractivity contribution in [2.75, 3.05) is 7.11 Å². The van der Waals surface area contributed by atoms with E-state index in [1.54, 1.807) is 0 Å². The number of halogens is 4. The molecule has 1 rings (SSSR count). The number of hydrogen-bond donors (Lipinski definition) is 1. The first-order chi connectivity index (χ1) is 8.76. The number of carboxylic acids is 1. The number of alkyl halides is 4. The molecule has 9 heteroatoms. The summed E-state index contributed by atoms with van der Waals surface area (Å²) < 4.78 is 44.9. The van der Waals surface area contributed by atoms with Crippen molar-refractivity contribution >= 4 is 17.6 Å². The van der Waals surface area contributed by atoms with Crippen molar-refractivity contribution < 1.29 is 32.5 Å². The number of hydrogen-bond acceptors (Lipinski definition) is 4. The Balaban J connectivity index is 3.24. The molecule has 19 heavy (non-hydrogen) atoms. The molecule has 1 aromatic heterocycles. The fourth-order valence-corrected chi connectivity index (χ4v) is 1.53. The summed E-state index contributed by atoms with van der Waals surface area (Å²) >= 11 is 5.58. The lowest BCUT2D eigenvalue weighted by Crippen LogP contribution is -2.19. The van der Waals surface area contributed by atoms with E-state index in [-0.39, 0.29) is 22.9 Å². The third kappa shape index (κ3) is 4.47. The van der Waals surface area contributed by atoms with Crippen LogP contribution >= 0.6 is 11.6 Å². The van der Waals surface area contributed by atoms with Gasteiger partial charge < -0.3 is 14.6 Å². The van der Waals surface area contributed by atoms with Crippen LogP contribution in [0.5, 0.6) is 11.6 Å². The SMILES string of the molecule is COc1cc(CCl)c(CC(=O)O)nc1OC(F)(F)F. The first kappa shape index (κ1) is 15.4. The molecular weight excluding hydrogens is 291 g/mol. The molecule has 0 radical (unpaired) electrons. The zero-order chi connectivity index (χ0) is 14.6. The first-order valence-electron chi connectivity index (χ1n) is 4.87. The van der Waals surface area contributed by atoms with Gasteiger partial charge in [0, 0.05) is 5.88 Å². The van der Waals surface area contributed by atoms with Crippen LogP contribution in [-0.4, -0.2) is 29.5 Å². The Bertz CT molecular complexity index is 479. The van der Waals surface area contributed by atoms with Gasteiger partial charge in [-0.1, -0.05) is 0 Å². The number of carbonyl (C=O) groups is 1. The van der Waals surface area contributed by atoms with Gasteiger partial charge in [0.2, 0.25) is 0 Å². The molecule has 1 heterocycles. The van der Waals surface area contributed by atoms with E-state index >= 15 is 0 Å². The Kier molecular flexibility index (Phi) is 4.82. The van der Waals surface area contributed by atoms with Gasteiger partial charge in [-0.2, -0.15) is 0 Å². The van der Waals surface area contributed by atoms with Crippen LogP contribution < -0.4 is 9.47 Å². The predicted molar refractivity (Wildman–Crippen MR) is 58.4 cm³/mol. The van der Waals surface area contributed by atoms with E-state index in [0.29, 0.717) is 0 Å². The number of aliphatic carboxylic acids is 1. The molecule has 1 N–H and O–H groups in total. The van der Waals surface area contributed by atoms with E-state index in [2.05, 4.69) is 9.72 Å². The van der Waals surface area contributed by atoms with Crippen LogP contribution in [0.1, 0.15) is 11.3 Å². The average molecular weight is 300 g/mol. The van der Waals surface area contributed by atoms with Crippen molar-refractivity contribution in [1.29, 1.82) is 0 Å². The number of ether oxygens (including phenoxy) is 2. The van der Waals surface area contributed by atoms with Gasteiger partial charge in [-0.25, -0.2) is 4.98 Å². The number of rotatable bonds is 5. The molecule has 0 bridgehead atoms. The number of pyridine rings is 1. The Morgan fingerprint density at radius 2 is 2.16 bits per heavy atom. The number of methoxy groups -OCH3 is 1. The molecule has 0 saturated heterocycles. The van der Waals surface area contributed by atoms with E-state index in [1.807, 2.05) is 0 Å². The molecule has 0 aromatic carbocycles. The molecule has 0 atom stereocenters. The van der Waals surface area contributed by atoms with Gasteiger partial charge in [-0.3, -0.25) is 4.79 Å². The highest BCUT2D eigenvalue weighted by molar-refractivity contribution is 6.17. The number of nitrogens with zero attached hydrogens (tertiary/aromatic N) is 1. The van der Waals surface area contributed by atoms with E-state index < -0.39 is 24.6 Å². The van der Waals surface area contributed by atoms with E-state index in [0.717, 1.165) is 7.11 Å². The summed E-state index contributed by atoms with van der Waals surface area (Å²) in [6, 6.07) is 1.17. The minimum atomic E-state index is -4.96. The largest absolute Gasteiger partial charge is 0.574 e. The highest BCUT2D eigenvalue weighted by atomic mass is 35.5. The third-order valence-electron chi connectivity index (χ3n) is 2.02. The van der Waals surface area contributed by atoms with Crippen LogP contribution in [0, 0.1) is 0 Å². The second kappa shape index (κ2) is 5.96. The minimum absolute atomic E-state index is 0.109. The maximum Gasteiger partial charge on any atom is 0.574 e. The summed E-state index contributed by atoms with van der Waals surface area (Å²) in [5, 5.41) is 8.66. The summed E-state index contributed by atoms with van der Waals surface area (Å²) in [4.78, 5) is 14.1. The average Bonchev–Trinajstić information content (AvgIpc) is 2.26. The van der Waals surface area contributed by atoms with Crippen molar-refractivity contribution in [3.05, 3.63) is 17.3 Å². The topological polar surface area (TPSA) is 68.7 Å². The number of carboxylic acid groups (broad SMARTS) is 1. The summed E-state index contributed by atoms with van der Waals surface area (Å²) in [6.45, 7) is 0. The summed E-state index contributed by atoms with van der Waals surface area (Å²) in [5.41, 5.74) is 0.151. The van der Waals surface area contributed by atoms with Crippen LogP contribution in [0.3, 0.4) is 0 Å². The molecule has 0 aliphatic carbocycles. The lowest BCUT2D eigenvalue weighted by atomic mass is 10.1. The zero-order valence-electron chi connectivity index (χ0n) is 9.62. The van der Waals surface area contributed by atoms with Crippen LogP contribution in [0.2, 0.25) is 0 Å². The second-order valence-electron chi connectivity index (χ2n) is 3.35. The van der Waals surface area contributed by atoms with Crippen molar-refractivity contribution in [3.8, 4) is 11.6 Å². The quantitative estimate of drug-likeness (QED) is 0.845. The smallest absolute Gasteiger partial charge is 0.491 e. The number of aromatic nitrogens is 1. The summed E-state index contributed by atoms with van der Waals surface area (Å²) in [6.07, 6.45) is -5.52. The van der Waals surface area contributed by atoms with Gasteiger partial charge in [0.15, 0.2) is 5.75 Å². The molecule has 0 spiro atoms. The monoisotopic (exact) mass is 299 g/mol. The van der Waals surface area contributed by atoms with Gasteiger partial charge in [0.05, 0.1) is 19.2 Å². The molecule has 1 aromatic rings. The van der Waals surface area contributed by atoms with Crippen LogP contribution in [0.25, 0.3) is 0 Å². The molecule has 0 unspecified atom stereocenters. The van der Waals surface area contributed by atoms with Gasteiger partial charge in [0.1, 0.15) is 0 Å². The van der Waals surface area contributed by atoms with Gasteiger partial charge in [0.25, 0.3) is 5.88 Å². The minimum Gasteiger partial charge on any atom is -0.491 e. The maximum absolute atomic E-state index is 12.2. The van der Waals surface area contributed by atoms with Gasteiger partial charge in [-0.05, 0) is 11.6 Å². The summed E-state index contributed by atoms with van der Waals surface area (Å²) in [7, 11) is 1.13. The predicted octanol–water partition coefficient (Wildman–Crippen LogP) is 2.35. The Morgan fingerprint density at radius 1 is 1.53 bits per heavy atom. The van der Waals surface area contributed by atoms with Crippen molar-refractivity contribution in [2.24, 2.45) is 0 Å². The Hall–Kier alpha value is -1.70. The second-order valence-corrected chi connectivity index (χ2v) is 3.62. The van der Waals surface area contributed by atoms with E-state index in [9.17, 15) is 18.0 Å². The molecule has 106 valence electrons. The van der Waals surface area contributed by atoms with Crippen molar-refractivity contribution in [2.45, 2.75) is 18.7 Å². The Labute approximate surface area is 110 Å². The van der Waals surface area contributed by atoms with Crippen LogP contribution in [0.15, 0.2) is 6.07 Å².